The van der Waals surface area contributed by atoms with Crippen LogP contribution in [-0.2, 0) is 14.8 Å². The van der Waals surface area contributed by atoms with Gasteiger partial charge >= 0.3 is 0 Å². The zero-order valence-corrected chi connectivity index (χ0v) is 19.1. The van der Waals surface area contributed by atoms with Crippen molar-refractivity contribution in [2.24, 2.45) is 0 Å². The van der Waals surface area contributed by atoms with E-state index in [2.05, 4.69) is 5.32 Å². The van der Waals surface area contributed by atoms with E-state index in [1.165, 1.54) is 12.1 Å². The van der Waals surface area contributed by atoms with Crippen molar-refractivity contribution in [2.45, 2.75) is 4.90 Å². The smallest absolute Gasteiger partial charge is 0.264 e. The van der Waals surface area contributed by atoms with Crippen molar-refractivity contribution in [3.63, 3.8) is 0 Å². The largest absolute Gasteiger partial charge is 0.324 e. The number of para-hydroxylation sites is 1. The minimum atomic E-state index is -3.99. The molecular formula is C26H21ClN2O3S. The van der Waals surface area contributed by atoms with Crippen LogP contribution in [0, 0.1) is 0 Å². The van der Waals surface area contributed by atoms with Crippen LogP contribution in [0.15, 0.2) is 114 Å². The zero-order chi connectivity index (χ0) is 23.3. The van der Waals surface area contributed by atoms with Crippen LogP contribution in [0.4, 0.5) is 11.4 Å². The third-order valence-electron chi connectivity index (χ3n) is 5.02. The minimum absolute atomic E-state index is 0.0948. The van der Waals surface area contributed by atoms with Crippen molar-refractivity contribution >= 4 is 38.9 Å². The summed E-state index contributed by atoms with van der Waals surface area (Å²) in [4.78, 5) is 13.2. The first-order valence-corrected chi connectivity index (χ1v) is 12.0. The molecule has 4 rings (SSSR count). The van der Waals surface area contributed by atoms with Gasteiger partial charge in [-0.05, 0) is 48.0 Å². The molecule has 0 aromatic heterocycles. The van der Waals surface area contributed by atoms with Gasteiger partial charge in [-0.3, -0.25) is 9.10 Å². The van der Waals surface area contributed by atoms with Crippen LogP contribution in [0.2, 0.25) is 5.02 Å². The van der Waals surface area contributed by atoms with Gasteiger partial charge in [-0.15, -0.1) is 0 Å². The van der Waals surface area contributed by atoms with Gasteiger partial charge in [-0.2, -0.15) is 0 Å². The standard InChI is InChI=1S/C26H21ClN2O3S/c27-21-15-17-22(18-16-21)29(33(31,32)23-11-5-2-6-12-23)19-26(30)28-25-14-8-7-13-24(25)20-9-3-1-4-10-20/h1-18H,19H2,(H,28,30). The number of hydrogen-bond donors (Lipinski definition) is 1. The van der Waals surface area contributed by atoms with Crippen LogP contribution in [-0.4, -0.2) is 20.9 Å². The molecule has 5 nitrogen and oxygen atoms in total. The van der Waals surface area contributed by atoms with E-state index in [-0.39, 0.29) is 4.90 Å². The number of nitrogens with zero attached hydrogens (tertiary/aromatic N) is 1. The number of carbonyl (C=O) groups excluding carboxylic acids is 1. The van der Waals surface area contributed by atoms with Crippen LogP contribution < -0.4 is 9.62 Å². The van der Waals surface area contributed by atoms with Gasteiger partial charge in [0.2, 0.25) is 5.91 Å². The van der Waals surface area contributed by atoms with Crippen molar-refractivity contribution in [3.8, 4) is 11.1 Å². The van der Waals surface area contributed by atoms with Crippen LogP contribution in [0.3, 0.4) is 0 Å². The Morgan fingerprint density at radius 2 is 1.33 bits per heavy atom. The molecule has 0 radical (unpaired) electrons. The summed E-state index contributed by atoms with van der Waals surface area (Å²) in [6.45, 7) is -0.401. The summed E-state index contributed by atoms with van der Waals surface area (Å²) >= 11 is 5.99. The number of hydrogen-bond acceptors (Lipinski definition) is 3. The molecule has 4 aromatic carbocycles. The normalized spacial score (nSPS) is 11.1. The van der Waals surface area contributed by atoms with E-state index in [1.807, 2.05) is 48.5 Å². The Kier molecular flexibility index (Phi) is 6.77. The molecule has 4 aromatic rings. The second-order valence-electron chi connectivity index (χ2n) is 7.26. The van der Waals surface area contributed by atoms with Crippen molar-refractivity contribution < 1.29 is 13.2 Å². The molecule has 0 heterocycles. The molecule has 1 amide bonds. The maximum Gasteiger partial charge on any atom is 0.264 e. The lowest BCUT2D eigenvalue weighted by Gasteiger charge is -2.24. The highest BCUT2D eigenvalue weighted by atomic mass is 35.5. The zero-order valence-electron chi connectivity index (χ0n) is 17.6. The molecule has 0 unspecified atom stereocenters. The van der Waals surface area contributed by atoms with Gasteiger partial charge in [0.15, 0.2) is 0 Å². The lowest BCUT2D eigenvalue weighted by atomic mass is 10.0. The Hall–Kier alpha value is -3.61. The molecule has 0 fully saturated rings. The fourth-order valence-electron chi connectivity index (χ4n) is 3.42. The Bertz CT molecular complexity index is 1340. The first kappa shape index (κ1) is 22.6. The number of anilines is 2. The first-order valence-electron chi connectivity index (χ1n) is 10.2. The molecule has 33 heavy (non-hydrogen) atoms. The van der Waals surface area contributed by atoms with E-state index >= 15 is 0 Å². The molecule has 0 bridgehead atoms. The fraction of sp³-hybridized carbons (Fsp3) is 0.0385. The Morgan fingerprint density at radius 1 is 0.758 bits per heavy atom. The molecular weight excluding hydrogens is 456 g/mol. The predicted octanol–water partition coefficient (Wildman–Crippen LogP) is 5.84. The SMILES string of the molecule is O=C(CN(c1ccc(Cl)cc1)S(=O)(=O)c1ccccc1)Nc1ccccc1-c1ccccc1. The van der Waals surface area contributed by atoms with Gasteiger partial charge < -0.3 is 5.32 Å². The monoisotopic (exact) mass is 476 g/mol. The fourth-order valence-corrected chi connectivity index (χ4v) is 4.99. The van der Waals surface area contributed by atoms with Crippen LogP contribution in [0.5, 0.6) is 0 Å². The second kappa shape index (κ2) is 9.90. The maximum absolute atomic E-state index is 13.4. The lowest BCUT2D eigenvalue weighted by Crippen LogP contribution is -2.38. The predicted molar refractivity (Wildman–Crippen MR) is 133 cm³/mol. The van der Waals surface area contributed by atoms with Gasteiger partial charge in [0.25, 0.3) is 10.0 Å². The highest BCUT2D eigenvalue weighted by Crippen LogP contribution is 2.29. The molecule has 166 valence electrons. The van der Waals surface area contributed by atoms with E-state index in [1.54, 1.807) is 48.5 Å². The summed E-state index contributed by atoms with van der Waals surface area (Å²) in [5, 5.41) is 3.34. The van der Waals surface area contributed by atoms with Crippen LogP contribution >= 0.6 is 11.6 Å². The highest BCUT2D eigenvalue weighted by molar-refractivity contribution is 7.92. The van der Waals surface area contributed by atoms with Gasteiger partial charge in [-0.25, -0.2) is 8.42 Å². The number of nitrogens with one attached hydrogen (secondary N) is 1. The molecule has 0 saturated heterocycles. The Morgan fingerprint density at radius 3 is 2.00 bits per heavy atom. The van der Waals surface area contributed by atoms with Crippen molar-refractivity contribution in [2.75, 3.05) is 16.2 Å². The number of benzene rings is 4. The summed E-state index contributed by atoms with van der Waals surface area (Å²) in [7, 11) is -3.99. The van der Waals surface area contributed by atoms with Gasteiger partial charge in [0, 0.05) is 16.3 Å². The summed E-state index contributed by atoms with van der Waals surface area (Å²) in [6, 6.07) is 31.4. The lowest BCUT2D eigenvalue weighted by molar-refractivity contribution is -0.114. The molecule has 1 N–H and O–H groups in total. The molecule has 0 aliphatic heterocycles. The molecule has 0 aliphatic rings. The average molecular weight is 477 g/mol. The van der Waals surface area contributed by atoms with E-state index in [0.29, 0.717) is 16.4 Å². The minimum Gasteiger partial charge on any atom is -0.324 e. The van der Waals surface area contributed by atoms with Crippen molar-refractivity contribution in [1.29, 1.82) is 0 Å². The van der Waals surface area contributed by atoms with Crippen LogP contribution in [0.25, 0.3) is 11.1 Å². The van der Waals surface area contributed by atoms with E-state index in [4.69, 9.17) is 11.6 Å². The van der Waals surface area contributed by atoms with Gasteiger partial charge in [0.1, 0.15) is 6.54 Å². The third kappa shape index (κ3) is 5.25. The number of rotatable bonds is 7. The van der Waals surface area contributed by atoms with E-state index in [0.717, 1.165) is 15.4 Å². The number of sulfonamides is 1. The number of halogens is 1. The number of carbonyl (C=O) groups is 1. The van der Waals surface area contributed by atoms with Crippen LogP contribution in [0.1, 0.15) is 0 Å². The average Bonchev–Trinajstić information content (AvgIpc) is 2.84. The Balaban J connectivity index is 1.65. The molecule has 7 heteroatoms. The molecule has 0 spiro atoms. The highest BCUT2D eigenvalue weighted by Gasteiger charge is 2.27. The third-order valence-corrected chi connectivity index (χ3v) is 7.06. The van der Waals surface area contributed by atoms with Crippen molar-refractivity contribution in [1.82, 2.24) is 0 Å². The number of amides is 1. The van der Waals surface area contributed by atoms with Crippen molar-refractivity contribution in [3.05, 3.63) is 114 Å². The maximum atomic E-state index is 13.4. The van der Waals surface area contributed by atoms with E-state index < -0.39 is 22.5 Å². The summed E-state index contributed by atoms with van der Waals surface area (Å²) in [5.74, 6) is -0.465. The second-order valence-corrected chi connectivity index (χ2v) is 9.56. The molecule has 0 saturated carbocycles. The van der Waals surface area contributed by atoms with Gasteiger partial charge in [-0.1, -0.05) is 78.3 Å². The molecule has 0 atom stereocenters. The Labute approximate surface area is 198 Å². The summed E-state index contributed by atoms with van der Waals surface area (Å²) in [6.07, 6.45) is 0. The van der Waals surface area contributed by atoms with Gasteiger partial charge in [0.05, 0.1) is 10.6 Å². The summed E-state index contributed by atoms with van der Waals surface area (Å²) in [5.41, 5.74) is 2.73. The first-order chi connectivity index (χ1) is 15.9. The molecule has 0 aliphatic carbocycles. The van der Waals surface area contributed by atoms with E-state index in [9.17, 15) is 13.2 Å². The summed E-state index contributed by atoms with van der Waals surface area (Å²) < 4.78 is 27.9. The quantitative estimate of drug-likeness (QED) is 0.364. The topological polar surface area (TPSA) is 66.5 Å².